The highest BCUT2D eigenvalue weighted by atomic mass is 16.5. The lowest BCUT2D eigenvalue weighted by molar-refractivity contribution is -0.126. The summed E-state index contributed by atoms with van der Waals surface area (Å²) >= 11 is 0. The van der Waals surface area contributed by atoms with Crippen LogP contribution in [0.3, 0.4) is 0 Å². The van der Waals surface area contributed by atoms with Gasteiger partial charge in [-0.3, -0.25) is 14.7 Å². The van der Waals surface area contributed by atoms with Crippen LogP contribution in [0.1, 0.15) is 72.6 Å². The average molecular weight is 607 g/mol. The molecule has 0 saturated carbocycles. The maximum absolute atomic E-state index is 13.8. The highest BCUT2D eigenvalue weighted by Gasteiger charge is 2.23. The topological polar surface area (TPSA) is 98.8 Å². The maximum atomic E-state index is 13.8. The van der Waals surface area contributed by atoms with Crippen LogP contribution in [-0.4, -0.2) is 85.7 Å². The molecule has 0 aromatic carbocycles. The van der Waals surface area contributed by atoms with Crippen molar-refractivity contribution < 1.29 is 14.3 Å². The lowest BCUT2D eigenvalue weighted by atomic mass is 9.86. The number of pyridine rings is 1. The van der Waals surface area contributed by atoms with E-state index in [0.29, 0.717) is 37.3 Å². The molecule has 1 aliphatic heterocycles. The monoisotopic (exact) mass is 606 g/mol. The van der Waals surface area contributed by atoms with Crippen molar-refractivity contribution >= 4 is 17.5 Å². The Morgan fingerprint density at radius 3 is 2.50 bits per heavy atom. The molecule has 9 nitrogen and oxygen atoms in total. The summed E-state index contributed by atoms with van der Waals surface area (Å²) in [4.78, 5) is 36.0. The zero-order valence-corrected chi connectivity index (χ0v) is 28.2. The second-order valence-electron chi connectivity index (χ2n) is 12.9. The van der Waals surface area contributed by atoms with Gasteiger partial charge in [-0.05, 0) is 74.9 Å². The lowest BCUT2D eigenvalue weighted by Crippen LogP contribution is -2.43. The molecule has 0 bridgehead atoms. The second kappa shape index (κ2) is 16.7. The summed E-state index contributed by atoms with van der Waals surface area (Å²) in [7, 11) is 1.88. The van der Waals surface area contributed by atoms with Gasteiger partial charge in [-0.15, -0.1) is 0 Å². The van der Waals surface area contributed by atoms with E-state index in [1.165, 1.54) is 0 Å². The summed E-state index contributed by atoms with van der Waals surface area (Å²) in [5.74, 6) is -0.0773. The number of likely N-dealkylation sites (N-methyl/N-ethyl adjacent to an activating group) is 1. The van der Waals surface area contributed by atoms with Crippen LogP contribution >= 0.6 is 0 Å². The number of aromatic nitrogens is 1. The van der Waals surface area contributed by atoms with Gasteiger partial charge in [-0.25, -0.2) is 4.79 Å². The normalized spacial score (nSPS) is 18.6. The minimum Gasteiger partial charge on any atom is -0.379 e. The first kappa shape index (κ1) is 35.2. The van der Waals surface area contributed by atoms with Gasteiger partial charge in [-0.2, -0.15) is 0 Å². The number of hydrogen-bond donors (Lipinski definition) is 3. The van der Waals surface area contributed by atoms with E-state index in [1.54, 1.807) is 6.92 Å². The first-order chi connectivity index (χ1) is 20.9. The van der Waals surface area contributed by atoms with E-state index < -0.39 is 0 Å². The molecular weight excluding hydrogens is 552 g/mol. The highest BCUT2D eigenvalue weighted by Crippen LogP contribution is 2.29. The largest absolute Gasteiger partial charge is 0.379 e. The number of allylic oxidation sites excluding steroid dienone is 4. The van der Waals surface area contributed by atoms with Gasteiger partial charge in [0.2, 0.25) is 0 Å². The molecule has 3 amide bonds. The van der Waals surface area contributed by atoms with Gasteiger partial charge < -0.3 is 25.6 Å². The Morgan fingerprint density at radius 1 is 1.16 bits per heavy atom. The molecule has 1 aromatic rings. The second-order valence-corrected chi connectivity index (χ2v) is 12.9. The SMILES string of the molecule is CCCN(CCNC)C(=O)C(/C=C(\C)C(C)(C)C)=C(/C)NC(=O)NC1C=CC(C)=C(c2ccc(CN3CCOCC3)nc2)C1. The van der Waals surface area contributed by atoms with E-state index in [4.69, 9.17) is 9.72 Å². The van der Waals surface area contributed by atoms with Gasteiger partial charge in [0.15, 0.2) is 0 Å². The van der Waals surface area contributed by atoms with Gasteiger partial charge in [0.05, 0.1) is 30.5 Å². The Kier molecular flexibility index (Phi) is 13.4. The van der Waals surface area contributed by atoms with Crippen molar-refractivity contribution in [2.24, 2.45) is 5.41 Å². The van der Waals surface area contributed by atoms with Crippen LogP contribution in [0.4, 0.5) is 4.79 Å². The maximum Gasteiger partial charge on any atom is 0.319 e. The summed E-state index contributed by atoms with van der Waals surface area (Å²) in [5.41, 5.74) is 6.43. The molecule has 44 heavy (non-hydrogen) atoms. The molecule has 2 aliphatic rings. The molecule has 242 valence electrons. The molecule has 1 aromatic heterocycles. The van der Waals surface area contributed by atoms with Crippen molar-refractivity contribution in [1.82, 2.24) is 30.7 Å². The van der Waals surface area contributed by atoms with Crippen molar-refractivity contribution in [2.45, 2.75) is 73.9 Å². The van der Waals surface area contributed by atoms with Crippen LogP contribution in [0.5, 0.6) is 0 Å². The highest BCUT2D eigenvalue weighted by molar-refractivity contribution is 5.98. The van der Waals surface area contributed by atoms with Crippen LogP contribution in [0.15, 0.2) is 59.0 Å². The van der Waals surface area contributed by atoms with Gasteiger partial charge in [0.25, 0.3) is 5.91 Å². The van der Waals surface area contributed by atoms with E-state index in [1.807, 2.05) is 37.2 Å². The number of ether oxygens (including phenoxy) is 1. The molecule has 2 heterocycles. The Labute approximate surface area is 264 Å². The fourth-order valence-corrected chi connectivity index (χ4v) is 5.15. The molecule has 1 unspecified atom stereocenters. The Morgan fingerprint density at radius 2 is 1.89 bits per heavy atom. The van der Waals surface area contributed by atoms with Gasteiger partial charge in [0, 0.05) is 51.2 Å². The average Bonchev–Trinajstić information content (AvgIpc) is 2.99. The third-order valence-electron chi connectivity index (χ3n) is 8.35. The molecule has 9 heteroatoms. The fourth-order valence-electron chi connectivity index (χ4n) is 5.15. The number of hydrogen-bond acceptors (Lipinski definition) is 6. The number of nitrogens with zero attached hydrogens (tertiary/aromatic N) is 3. The zero-order chi connectivity index (χ0) is 32.3. The first-order valence-corrected chi connectivity index (χ1v) is 16.0. The van der Waals surface area contributed by atoms with E-state index in [9.17, 15) is 9.59 Å². The summed E-state index contributed by atoms with van der Waals surface area (Å²) in [6.07, 6.45) is 9.46. The molecule has 1 fully saturated rings. The number of nitrogens with one attached hydrogen (secondary N) is 3. The number of carbonyl (C=O) groups excluding carboxylic acids is 2. The molecular formula is C35H54N6O3. The Balaban J connectivity index is 1.72. The number of morpholine rings is 1. The summed E-state index contributed by atoms with van der Waals surface area (Å²) in [6, 6.07) is 3.70. The van der Waals surface area contributed by atoms with Gasteiger partial charge >= 0.3 is 6.03 Å². The zero-order valence-electron chi connectivity index (χ0n) is 28.2. The van der Waals surface area contributed by atoms with Gasteiger partial charge in [-0.1, -0.05) is 51.5 Å². The fraction of sp³-hybridized carbons (Fsp3) is 0.571. The standard InChI is InChI=1S/C35H54N6O3/c1-9-15-41(16-14-36-8)33(42)32(21-26(3)35(5,6)7)27(4)38-34(43)39-29-12-10-25(2)31(22-29)28-11-13-30(37-23-28)24-40-17-19-44-20-18-40/h10-13,21,23,29,36H,9,14-20,22,24H2,1-8H3,(H2,38,39,43)/b26-21+,32-27-. The lowest BCUT2D eigenvalue weighted by Gasteiger charge is -2.26. The van der Waals surface area contributed by atoms with Crippen molar-refractivity contribution in [3.63, 3.8) is 0 Å². The molecule has 3 rings (SSSR count). The number of amides is 3. The van der Waals surface area contributed by atoms with E-state index in [0.717, 1.165) is 67.2 Å². The third kappa shape index (κ3) is 10.4. The van der Waals surface area contributed by atoms with E-state index in [2.05, 4.69) is 73.7 Å². The number of rotatable bonds is 12. The van der Waals surface area contributed by atoms with Crippen LogP contribution in [0.2, 0.25) is 0 Å². The van der Waals surface area contributed by atoms with Crippen LogP contribution < -0.4 is 16.0 Å². The molecule has 1 aliphatic carbocycles. The van der Waals surface area contributed by atoms with Crippen molar-refractivity contribution in [1.29, 1.82) is 0 Å². The van der Waals surface area contributed by atoms with Crippen molar-refractivity contribution in [2.75, 3.05) is 53.0 Å². The summed E-state index contributed by atoms with van der Waals surface area (Å²) < 4.78 is 5.45. The van der Waals surface area contributed by atoms with Gasteiger partial charge in [0.1, 0.15) is 0 Å². The number of carbonyl (C=O) groups is 2. The predicted molar refractivity (Wildman–Crippen MR) is 179 cm³/mol. The Bertz CT molecular complexity index is 1250. The first-order valence-electron chi connectivity index (χ1n) is 16.0. The minimum atomic E-state index is -0.334. The molecule has 0 spiro atoms. The van der Waals surface area contributed by atoms with E-state index in [-0.39, 0.29) is 23.4 Å². The minimum absolute atomic E-state index is 0.0773. The Hall–Kier alpha value is -3.27. The smallest absolute Gasteiger partial charge is 0.319 e. The quantitative estimate of drug-likeness (QED) is 0.228. The summed E-state index contributed by atoms with van der Waals surface area (Å²) in [5, 5.41) is 9.21. The summed E-state index contributed by atoms with van der Waals surface area (Å²) in [6.45, 7) is 20.5. The molecule has 3 N–H and O–H groups in total. The third-order valence-corrected chi connectivity index (χ3v) is 8.35. The van der Waals surface area contributed by atoms with Crippen molar-refractivity contribution in [3.05, 3.63) is 70.2 Å². The predicted octanol–water partition coefficient (Wildman–Crippen LogP) is 5.04. The molecule has 1 atom stereocenters. The number of urea groups is 1. The van der Waals surface area contributed by atoms with Crippen LogP contribution in [-0.2, 0) is 16.1 Å². The van der Waals surface area contributed by atoms with Crippen LogP contribution in [0.25, 0.3) is 5.57 Å². The molecule has 1 saturated heterocycles. The van der Waals surface area contributed by atoms with E-state index >= 15 is 0 Å². The van der Waals surface area contributed by atoms with Crippen LogP contribution in [0, 0.1) is 5.41 Å². The molecule has 0 radical (unpaired) electrons. The van der Waals surface area contributed by atoms with Crippen molar-refractivity contribution in [3.8, 4) is 0 Å².